The van der Waals surface area contributed by atoms with Crippen molar-refractivity contribution in [1.29, 1.82) is 0 Å². The van der Waals surface area contributed by atoms with Gasteiger partial charge in [0.1, 0.15) is 5.60 Å². The number of amides is 2. The van der Waals surface area contributed by atoms with Crippen molar-refractivity contribution in [2.24, 2.45) is 0 Å². The lowest BCUT2D eigenvalue weighted by molar-refractivity contribution is 0.0604. The number of aryl methyl sites for hydroxylation is 1. The van der Waals surface area contributed by atoms with E-state index >= 15 is 0 Å². The molecule has 0 bridgehead atoms. The lowest BCUT2D eigenvalue weighted by Crippen LogP contribution is -2.40. The maximum Gasteiger partial charge on any atom is 0.319 e. The van der Waals surface area contributed by atoms with Crippen LogP contribution in [0, 0.1) is 0 Å². The van der Waals surface area contributed by atoms with Crippen molar-refractivity contribution < 1.29 is 9.90 Å². The monoisotopic (exact) mass is 345 g/mol. The quantitative estimate of drug-likeness (QED) is 0.797. The standard InChI is InChI=1S/C18H23N3O2S/c1-18(23,14-7-9-24-11-14)12-19-17(22)20-15-5-6-16-13(10-15)4-3-8-21(16)2/h5-7,9-11,23H,3-4,8,12H2,1-2H3,(H2,19,20,22)/t18-/m0/s1. The van der Waals surface area contributed by atoms with Gasteiger partial charge in [-0.3, -0.25) is 0 Å². The maximum atomic E-state index is 12.1. The van der Waals surface area contributed by atoms with Crippen molar-refractivity contribution in [2.45, 2.75) is 25.4 Å². The van der Waals surface area contributed by atoms with Gasteiger partial charge in [0.05, 0.1) is 6.54 Å². The second kappa shape index (κ2) is 6.83. The first-order valence-electron chi connectivity index (χ1n) is 8.10. The molecule has 2 aromatic rings. The number of carbonyl (C=O) groups is 1. The Morgan fingerprint density at radius 2 is 2.25 bits per heavy atom. The van der Waals surface area contributed by atoms with E-state index in [1.165, 1.54) is 22.6 Å². The molecule has 0 unspecified atom stereocenters. The number of nitrogens with zero attached hydrogens (tertiary/aromatic N) is 1. The van der Waals surface area contributed by atoms with Crippen LogP contribution in [-0.4, -0.2) is 31.3 Å². The summed E-state index contributed by atoms with van der Waals surface area (Å²) < 4.78 is 0. The van der Waals surface area contributed by atoms with Crippen LogP contribution < -0.4 is 15.5 Å². The Kier molecular flexibility index (Phi) is 4.78. The summed E-state index contributed by atoms with van der Waals surface area (Å²) in [7, 11) is 2.09. The average molecular weight is 345 g/mol. The normalized spacial score (nSPS) is 16.2. The molecule has 0 fully saturated rings. The maximum absolute atomic E-state index is 12.1. The van der Waals surface area contributed by atoms with E-state index in [9.17, 15) is 9.90 Å². The van der Waals surface area contributed by atoms with E-state index in [1.54, 1.807) is 6.92 Å². The van der Waals surface area contributed by atoms with Gasteiger partial charge in [0.15, 0.2) is 0 Å². The number of hydrogen-bond acceptors (Lipinski definition) is 4. The fraction of sp³-hybridized carbons (Fsp3) is 0.389. The molecule has 0 saturated carbocycles. The summed E-state index contributed by atoms with van der Waals surface area (Å²) in [6.07, 6.45) is 2.16. The minimum absolute atomic E-state index is 0.156. The second-order valence-corrected chi connectivity index (χ2v) is 7.24. The molecule has 128 valence electrons. The van der Waals surface area contributed by atoms with Gasteiger partial charge in [0.25, 0.3) is 0 Å². The molecule has 6 heteroatoms. The van der Waals surface area contributed by atoms with Gasteiger partial charge in [-0.25, -0.2) is 4.79 Å². The van der Waals surface area contributed by atoms with Gasteiger partial charge in [0.2, 0.25) is 0 Å². The molecule has 1 aromatic carbocycles. The van der Waals surface area contributed by atoms with Crippen molar-refractivity contribution in [3.8, 4) is 0 Å². The lowest BCUT2D eigenvalue weighted by atomic mass is 9.99. The summed E-state index contributed by atoms with van der Waals surface area (Å²) in [5, 5.41) is 19.8. The van der Waals surface area contributed by atoms with Crippen LogP contribution in [0.15, 0.2) is 35.0 Å². The predicted octanol–water partition coefficient (Wildman–Crippen LogP) is 3.16. The van der Waals surface area contributed by atoms with Crippen molar-refractivity contribution in [2.75, 3.05) is 30.4 Å². The Morgan fingerprint density at radius 1 is 1.42 bits per heavy atom. The Labute approximate surface area is 146 Å². The van der Waals surface area contributed by atoms with Crippen LogP contribution in [0.3, 0.4) is 0 Å². The molecule has 1 aliphatic heterocycles. The highest BCUT2D eigenvalue weighted by Crippen LogP contribution is 2.28. The van der Waals surface area contributed by atoms with Crippen molar-refractivity contribution in [1.82, 2.24) is 5.32 Å². The summed E-state index contributed by atoms with van der Waals surface area (Å²) in [5.74, 6) is 0. The molecule has 0 radical (unpaired) electrons. The molecule has 0 aliphatic carbocycles. The number of aliphatic hydroxyl groups is 1. The first-order chi connectivity index (χ1) is 11.5. The van der Waals surface area contributed by atoms with Gasteiger partial charge >= 0.3 is 6.03 Å². The number of nitrogens with one attached hydrogen (secondary N) is 2. The largest absolute Gasteiger partial charge is 0.384 e. The van der Waals surface area contributed by atoms with E-state index in [-0.39, 0.29) is 12.6 Å². The Balaban J connectivity index is 1.59. The molecule has 2 amide bonds. The molecule has 0 saturated heterocycles. The van der Waals surface area contributed by atoms with E-state index in [0.717, 1.165) is 30.6 Å². The van der Waals surface area contributed by atoms with E-state index in [0.29, 0.717) is 0 Å². The van der Waals surface area contributed by atoms with Crippen LogP contribution in [0.25, 0.3) is 0 Å². The number of thiophene rings is 1. The number of rotatable bonds is 4. The molecule has 1 aliphatic rings. The number of carbonyl (C=O) groups excluding carboxylic acids is 1. The third kappa shape index (κ3) is 3.71. The number of anilines is 2. The predicted molar refractivity (Wildman–Crippen MR) is 98.9 cm³/mol. The van der Waals surface area contributed by atoms with Crippen LogP contribution >= 0.6 is 11.3 Å². The summed E-state index contributed by atoms with van der Waals surface area (Å²) in [4.78, 5) is 14.4. The molecular formula is C18H23N3O2S. The molecule has 0 spiro atoms. The van der Waals surface area contributed by atoms with Crippen LogP contribution in [0.1, 0.15) is 24.5 Å². The highest BCUT2D eigenvalue weighted by molar-refractivity contribution is 7.08. The lowest BCUT2D eigenvalue weighted by Gasteiger charge is -2.28. The number of fused-ring (bicyclic) bond motifs is 1. The van der Waals surface area contributed by atoms with Gasteiger partial charge in [0, 0.05) is 25.0 Å². The van der Waals surface area contributed by atoms with Gasteiger partial charge in [-0.1, -0.05) is 0 Å². The Bertz CT molecular complexity index is 713. The van der Waals surface area contributed by atoms with Crippen LogP contribution in [0.5, 0.6) is 0 Å². The van der Waals surface area contributed by atoms with Crippen molar-refractivity contribution in [3.63, 3.8) is 0 Å². The molecular weight excluding hydrogens is 322 g/mol. The van der Waals surface area contributed by atoms with E-state index in [1.807, 2.05) is 35.0 Å². The van der Waals surface area contributed by atoms with Gasteiger partial charge in [-0.15, -0.1) is 0 Å². The van der Waals surface area contributed by atoms with Crippen molar-refractivity contribution >= 4 is 28.7 Å². The summed E-state index contributed by atoms with van der Waals surface area (Å²) in [6.45, 7) is 2.92. The van der Waals surface area contributed by atoms with Gasteiger partial charge in [-0.05, 0) is 65.9 Å². The molecule has 3 rings (SSSR count). The Hall–Kier alpha value is -2.05. The zero-order valence-electron chi connectivity index (χ0n) is 14.0. The number of urea groups is 1. The third-order valence-corrected chi connectivity index (χ3v) is 5.11. The first-order valence-corrected chi connectivity index (χ1v) is 9.04. The summed E-state index contributed by atoms with van der Waals surface area (Å²) in [6, 6.07) is 7.55. The summed E-state index contributed by atoms with van der Waals surface area (Å²) >= 11 is 1.52. The first kappa shape index (κ1) is 16.8. The fourth-order valence-electron chi connectivity index (χ4n) is 2.96. The minimum atomic E-state index is -1.07. The molecule has 1 aromatic heterocycles. The smallest absolute Gasteiger partial charge is 0.319 e. The zero-order valence-corrected chi connectivity index (χ0v) is 14.8. The van der Waals surface area contributed by atoms with Crippen LogP contribution in [0.2, 0.25) is 0 Å². The van der Waals surface area contributed by atoms with E-state index in [2.05, 4.69) is 22.6 Å². The van der Waals surface area contributed by atoms with E-state index in [4.69, 9.17) is 0 Å². The number of benzene rings is 1. The zero-order chi connectivity index (χ0) is 17.2. The third-order valence-electron chi connectivity index (χ3n) is 4.42. The second-order valence-electron chi connectivity index (χ2n) is 6.46. The topological polar surface area (TPSA) is 64.6 Å². The molecule has 2 heterocycles. The van der Waals surface area contributed by atoms with Crippen LogP contribution in [0.4, 0.5) is 16.2 Å². The molecule has 3 N–H and O–H groups in total. The van der Waals surface area contributed by atoms with Gasteiger partial charge in [-0.2, -0.15) is 11.3 Å². The van der Waals surface area contributed by atoms with Crippen LogP contribution in [-0.2, 0) is 12.0 Å². The molecule has 1 atom stereocenters. The van der Waals surface area contributed by atoms with Gasteiger partial charge < -0.3 is 20.6 Å². The average Bonchev–Trinajstić information content (AvgIpc) is 3.09. The highest BCUT2D eigenvalue weighted by atomic mass is 32.1. The van der Waals surface area contributed by atoms with E-state index < -0.39 is 5.60 Å². The number of hydrogen-bond donors (Lipinski definition) is 3. The SMILES string of the molecule is CN1CCCc2cc(NC(=O)NC[C@](C)(O)c3ccsc3)ccc21. The minimum Gasteiger partial charge on any atom is -0.384 e. The van der Waals surface area contributed by atoms with Crippen molar-refractivity contribution in [3.05, 3.63) is 46.2 Å². The summed E-state index contributed by atoms with van der Waals surface area (Å²) in [5.41, 5.74) is 3.00. The molecule has 24 heavy (non-hydrogen) atoms. The highest BCUT2D eigenvalue weighted by Gasteiger charge is 2.24. The Morgan fingerprint density at radius 3 is 3.00 bits per heavy atom. The fourth-order valence-corrected chi connectivity index (χ4v) is 3.75. The molecule has 5 nitrogen and oxygen atoms in total.